The molecule has 0 saturated carbocycles. The van der Waals surface area contributed by atoms with Gasteiger partial charge in [0.25, 0.3) is 0 Å². The van der Waals surface area contributed by atoms with Crippen molar-refractivity contribution in [2.24, 2.45) is 0 Å². The Labute approximate surface area is 186 Å². The fraction of sp³-hybridized carbons (Fsp3) is 0.348. The smallest absolute Gasteiger partial charge is 0.496 e. The number of urea groups is 1. The van der Waals surface area contributed by atoms with Crippen molar-refractivity contribution in [3.63, 3.8) is 0 Å². The number of ether oxygens (including phenoxy) is 1. The van der Waals surface area contributed by atoms with Gasteiger partial charge in [0, 0.05) is 18.1 Å². The SMILES string of the molecule is COc1cc(CNN2CCc3cc(Cl)ccc32)ccc1CCCN1C(=O)C=[N+](C)C1=O. The molecule has 0 saturated heterocycles. The molecule has 0 atom stereocenters. The average Bonchev–Trinajstić information content (AvgIpc) is 3.27. The number of imide groups is 1. The van der Waals surface area contributed by atoms with Gasteiger partial charge in [-0.25, -0.2) is 10.2 Å². The molecule has 3 amide bonds. The summed E-state index contributed by atoms with van der Waals surface area (Å²) in [6.07, 6.45) is 3.69. The van der Waals surface area contributed by atoms with E-state index in [4.69, 9.17) is 16.3 Å². The van der Waals surface area contributed by atoms with E-state index in [1.807, 2.05) is 24.3 Å². The number of rotatable bonds is 8. The highest BCUT2D eigenvalue weighted by atomic mass is 35.5. The van der Waals surface area contributed by atoms with E-state index >= 15 is 0 Å². The number of aryl methyl sites for hydroxylation is 1. The number of fused-ring (bicyclic) bond motifs is 1. The summed E-state index contributed by atoms with van der Waals surface area (Å²) < 4.78 is 6.91. The molecule has 31 heavy (non-hydrogen) atoms. The van der Waals surface area contributed by atoms with E-state index in [9.17, 15) is 9.59 Å². The van der Waals surface area contributed by atoms with Crippen LogP contribution in [-0.2, 0) is 24.2 Å². The molecular formula is C23H26ClN4O3+. The van der Waals surface area contributed by atoms with E-state index in [0.717, 1.165) is 41.3 Å². The summed E-state index contributed by atoms with van der Waals surface area (Å²) in [6.45, 7) is 1.98. The van der Waals surface area contributed by atoms with Gasteiger partial charge >= 0.3 is 11.9 Å². The Hall–Kier alpha value is -2.90. The topological polar surface area (TPSA) is 64.9 Å². The van der Waals surface area contributed by atoms with Crippen LogP contribution in [0.1, 0.15) is 23.1 Å². The number of carbonyl (C=O) groups is 2. The Morgan fingerprint density at radius 2 is 2.03 bits per heavy atom. The molecule has 2 aromatic carbocycles. The summed E-state index contributed by atoms with van der Waals surface area (Å²) in [6, 6.07) is 11.9. The molecule has 0 fully saturated rings. The van der Waals surface area contributed by atoms with E-state index in [1.165, 1.54) is 26.9 Å². The predicted octanol–water partition coefficient (Wildman–Crippen LogP) is 3.02. The maximum Gasteiger partial charge on any atom is 0.501 e. The van der Waals surface area contributed by atoms with E-state index in [2.05, 4.69) is 22.6 Å². The van der Waals surface area contributed by atoms with Gasteiger partial charge in [0.2, 0.25) is 0 Å². The van der Waals surface area contributed by atoms with Crippen LogP contribution in [0.2, 0.25) is 5.02 Å². The van der Waals surface area contributed by atoms with Crippen LogP contribution in [0.4, 0.5) is 10.5 Å². The van der Waals surface area contributed by atoms with Gasteiger partial charge in [0.1, 0.15) is 5.75 Å². The summed E-state index contributed by atoms with van der Waals surface area (Å²) >= 11 is 6.09. The van der Waals surface area contributed by atoms with Gasteiger partial charge in [-0.15, -0.1) is 0 Å². The molecule has 4 rings (SSSR count). The maximum absolute atomic E-state index is 12.0. The minimum atomic E-state index is -0.274. The number of halogens is 1. The molecule has 2 aliphatic rings. The highest BCUT2D eigenvalue weighted by Crippen LogP contribution is 2.29. The first-order valence-electron chi connectivity index (χ1n) is 10.3. The molecule has 0 aliphatic carbocycles. The zero-order chi connectivity index (χ0) is 22.0. The average molecular weight is 442 g/mol. The minimum Gasteiger partial charge on any atom is -0.496 e. The van der Waals surface area contributed by atoms with Crippen LogP contribution < -0.4 is 15.2 Å². The molecule has 0 aromatic heterocycles. The van der Waals surface area contributed by atoms with Gasteiger partial charge in [-0.05, 0) is 60.2 Å². The summed E-state index contributed by atoms with van der Waals surface area (Å²) in [7, 11) is 3.25. The first-order chi connectivity index (χ1) is 15.0. The molecule has 162 valence electrons. The third-order valence-electron chi connectivity index (χ3n) is 5.69. The third-order valence-corrected chi connectivity index (χ3v) is 5.93. The quantitative estimate of drug-likeness (QED) is 0.638. The molecule has 8 heteroatoms. The largest absolute Gasteiger partial charge is 0.501 e. The van der Waals surface area contributed by atoms with Crippen molar-refractivity contribution in [1.82, 2.24) is 10.3 Å². The standard InChI is InChI=1S/C23H25ClN4O3/c1-26-15-22(29)27(23(26)30)10-3-4-17-6-5-16(12-21(17)31-2)14-25-28-11-9-18-13-19(24)7-8-20(18)28/h5-8,12-13,15H,3-4,9-11,14H2,1-2H3/p+1. The fourth-order valence-corrected chi connectivity index (χ4v) is 4.23. The molecule has 7 nitrogen and oxygen atoms in total. The lowest BCUT2D eigenvalue weighted by atomic mass is 10.1. The lowest BCUT2D eigenvalue weighted by Crippen LogP contribution is -2.35. The van der Waals surface area contributed by atoms with E-state index < -0.39 is 0 Å². The van der Waals surface area contributed by atoms with Gasteiger partial charge in [-0.2, -0.15) is 14.3 Å². The van der Waals surface area contributed by atoms with Crippen LogP contribution in [-0.4, -0.2) is 54.9 Å². The number of nitrogens with one attached hydrogen (secondary N) is 1. The monoisotopic (exact) mass is 441 g/mol. The molecule has 0 bridgehead atoms. The Morgan fingerprint density at radius 1 is 1.19 bits per heavy atom. The van der Waals surface area contributed by atoms with E-state index in [1.54, 1.807) is 14.2 Å². The zero-order valence-corrected chi connectivity index (χ0v) is 18.5. The Morgan fingerprint density at radius 3 is 2.77 bits per heavy atom. The number of anilines is 1. The maximum atomic E-state index is 12.0. The van der Waals surface area contributed by atoms with Crippen molar-refractivity contribution in [2.45, 2.75) is 25.8 Å². The lowest BCUT2D eigenvalue weighted by Gasteiger charge is -2.21. The predicted molar refractivity (Wildman–Crippen MR) is 120 cm³/mol. The first-order valence-corrected chi connectivity index (χ1v) is 10.7. The third kappa shape index (κ3) is 4.57. The molecule has 2 aliphatic heterocycles. The number of amides is 3. The van der Waals surface area contributed by atoms with Crippen LogP contribution in [0.15, 0.2) is 36.4 Å². The molecule has 1 N–H and O–H groups in total. The second kappa shape index (κ2) is 9.08. The van der Waals surface area contributed by atoms with E-state index in [-0.39, 0.29) is 11.9 Å². The zero-order valence-electron chi connectivity index (χ0n) is 17.7. The summed E-state index contributed by atoms with van der Waals surface area (Å²) in [5.74, 6) is 0.558. The second-order valence-electron chi connectivity index (χ2n) is 7.77. The van der Waals surface area contributed by atoms with Gasteiger partial charge < -0.3 is 9.75 Å². The highest BCUT2D eigenvalue weighted by Gasteiger charge is 2.37. The number of hydrazine groups is 1. The summed E-state index contributed by atoms with van der Waals surface area (Å²) in [5.41, 5.74) is 8.08. The van der Waals surface area contributed by atoms with Crippen molar-refractivity contribution in [3.05, 3.63) is 58.1 Å². The lowest BCUT2D eigenvalue weighted by molar-refractivity contribution is -0.387. The molecule has 2 aromatic rings. The number of benzene rings is 2. The van der Waals surface area contributed by atoms with Crippen molar-refractivity contribution < 1.29 is 18.9 Å². The number of nitrogens with zero attached hydrogens (tertiary/aromatic N) is 3. The van der Waals surface area contributed by atoms with Gasteiger partial charge in [-0.3, -0.25) is 0 Å². The number of hydrogen-bond acceptors (Lipinski definition) is 5. The Bertz CT molecular complexity index is 1050. The summed E-state index contributed by atoms with van der Waals surface area (Å²) in [5, 5.41) is 2.92. The van der Waals surface area contributed by atoms with Crippen molar-refractivity contribution in [1.29, 1.82) is 0 Å². The van der Waals surface area contributed by atoms with Crippen LogP contribution in [0, 0.1) is 0 Å². The number of carbonyl (C=O) groups excluding carboxylic acids is 2. The molecule has 0 radical (unpaired) electrons. The van der Waals surface area contributed by atoms with E-state index in [0.29, 0.717) is 19.5 Å². The Kier molecular flexibility index (Phi) is 6.25. The second-order valence-corrected chi connectivity index (χ2v) is 8.21. The highest BCUT2D eigenvalue weighted by molar-refractivity contribution is 6.31. The molecular weight excluding hydrogens is 416 g/mol. The number of methoxy groups -OCH3 is 1. The number of hydrogen-bond donors (Lipinski definition) is 1. The first kappa shape index (κ1) is 21.3. The van der Waals surface area contributed by atoms with Crippen LogP contribution >= 0.6 is 11.6 Å². The minimum absolute atomic E-state index is 0.258. The Balaban J connectivity index is 1.33. The van der Waals surface area contributed by atoms with Crippen molar-refractivity contribution in [2.75, 3.05) is 32.3 Å². The van der Waals surface area contributed by atoms with Gasteiger partial charge in [0.15, 0.2) is 6.21 Å². The van der Waals surface area contributed by atoms with Crippen molar-refractivity contribution in [3.8, 4) is 5.75 Å². The molecule has 2 heterocycles. The van der Waals surface area contributed by atoms with Crippen LogP contribution in [0.5, 0.6) is 5.75 Å². The fourth-order valence-electron chi connectivity index (χ4n) is 4.04. The van der Waals surface area contributed by atoms with Gasteiger partial charge in [-0.1, -0.05) is 23.7 Å². The summed E-state index contributed by atoms with van der Waals surface area (Å²) in [4.78, 5) is 25.1. The molecule has 0 spiro atoms. The normalized spacial score (nSPS) is 15.5. The van der Waals surface area contributed by atoms with Crippen LogP contribution in [0.3, 0.4) is 0 Å². The van der Waals surface area contributed by atoms with Crippen molar-refractivity contribution >= 4 is 35.4 Å². The molecule has 0 unspecified atom stereocenters. The van der Waals surface area contributed by atoms with Gasteiger partial charge in [0.05, 0.1) is 26.4 Å². The van der Waals surface area contributed by atoms with Crippen LogP contribution in [0.25, 0.3) is 0 Å².